The van der Waals surface area contributed by atoms with Gasteiger partial charge in [0, 0.05) is 25.3 Å². The highest BCUT2D eigenvalue weighted by atomic mass is 16.5. The summed E-state index contributed by atoms with van der Waals surface area (Å²) in [6.07, 6.45) is 2.86. The van der Waals surface area contributed by atoms with Crippen molar-refractivity contribution in [2.45, 2.75) is 45.0 Å². The lowest BCUT2D eigenvalue weighted by molar-refractivity contribution is -0.141. The van der Waals surface area contributed by atoms with Crippen molar-refractivity contribution in [3.8, 4) is 0 Å². The largest absolute Gasteiger partial charge is 0.449 e. The number of nitrogens with zero attached hydrogens (tertiary/aromatic N) is 2. The summed E-state index contributed by atoms with van der Waals surface area (Å²) in [5, 5.41) is 3.28. The van der Waals surface area contributed by atoms with E-state index in [9.17, 15) is 9.59 Å². The molecule has 1 amide bonds. The van der Waals surface area contributed by atoms with Gasteiger partial charge in [0.25, 0.3) is 5.91 Å². The third kappa shape index (κ3) is 5.94. The standard InChI is InChI=1S/C26H27N3O3/c1-19(32-26(31)22-12-15-24(27-16-22)28-23-13-14-23)25(30)29(17-20-8-4-2-5-9-20)18-21-10-6-3-7-11-21/h2-12,15-16,19,23H,13-14,17-18H2,1H3,(H,27,28). The van der Waals surface area contributed by atoms with Gasteiger partial charge in [-0.15, -0.1) is 0 Å². The molecule has 1 aliphatic rings. The Labute approximate surface area is 188 Å². The summed E-state index contributed by atoms with van der Waals surface area (Å²) >= 11 is 0. The number of carbonyl (C=O) groups excluding carboxylic acids is 2. The van der Waals surface area contributed by atoms with Crippen molar-refractivity contribution in [2.75, 3.05) is 5.32 Å². The molecule has 0 bridgehead atoms. The second-order valence-electron chi connectivity index (χ2n) is 8.06. The zero-order valence-electron chi connectivity index (χ0n) is 18.1. The fraction of sp³-hybridized carbons (Fsp3) is 0.269. The number of pyridine rings is 1. The molecule has 3 aromatic rings. The Bertz CT molecular complexity index is 993. The minimum absolute atomic E-state index is 0.244. The zero-order valence-corrected chi connectivity index (χ0v) is 18.1. The van der Waals surface area contributed by atoms with Gasteiger partial charge in [0.05, 0.1) is 5.56 Å². The average molecular weight is 430 g/mol. The first-order valence-electron chi connectivity index (χ1n) is 10.9. The first-order valence-corrected chi connectivity index (χ1v) is 10.9. The van der Waals surface area contributed by atoms with E-state index in [1.165, 1.54) is 6.20 Å². The maximum atomic E-state index is 13.2. The number of hydrogen-bond donors (Lipinski definition) is 1. The minimum Gasteiger partial charge on any atom is -0.449 e. The third-order valence-corrected chi connectivity index (χ3v) is 5.30. The van der Waals surface area contributed by atoms with Crippen LogP contribution in [0.25, 0.3) is 0 Å². The lowest BCUT2D eigenvalue weighted by Gasteiger charge is -2.26. The van der Waals surface area contributed by atoms with E-state index in [-0.39, 0.29) is 5.91 Å². The van der Waals surface area contributed by atoms with E-state index >= 15 is 0 Å². The second kappa shape index (κ2) is 10.1. The molecule has 6 nitrogen and oxygen atoms in total. The van der Waals surface area contributed by atoms with Crippen LogP contribution in [-0.4, -0.2) is 33.9 Å². The van der Waals surface area contributed by atoms with E-state index in [1.807, 2.05) is 60.7 Å². The molecule has 1 unspecified atom stereocenters. The lowest BCUT2D eigenvalue weighted by Crippen LogP contribution is -2.39. The van der Waals surface area contributed by atoms with Crippen molar-refractivity contribution < 1.29 is 14.3 Å². The molecule has 0 aliphatic heterocycles. The second-order valence-corrected chi connectivity index (χ2v) is 8.06. The van der Waals surface area contributed by atoms with Crippen molar-refractivity contribution in [2.24, 2.45) is 0 Å². The Kier molecular flexibility index (Phi) is 6.80. The van der Waals surface area contributed by atoms with Gasteiger partial charge in [0.1, 0.15) is 5.82 Å². The monoisotopic (exact) mass is 429 g/mol. The fourth-order valence-electron chi connectivity index (χ4n) is 3.39. The number of rotatable bonds is 9. The van der Waals surface area contributed by atoms with Crippen LogP contribution in [0.4, 0.5) is 5.82 Å². The molecule has 6 heteroatoms. The Morgan fingerprint density at radius 3 is 2.06 bits per heavy atom. The fourth-order valence-corrected chi connectivity index (χ4v) is 3.39. The number of benzene rings is 2. The number of carbonyl (C=O) groups is 2. The summed E-state index contributed by atoms with van der Waals surface area (Å²) in [6.45, 7) is 2.47. The molecule has 1 saturated carbocycles. The van der Waals surface area contributed by atoms with Crippen LogP contribution in [0.2, 0.25) is 0 Å². The molecular formula is C26H27N3O3. The first kappa shape index (κ1) is 21.6. The molecule has 0 saturated heterocycles. The molecule has 2 aromatic carbocycles. The van der Waals surface area contributed by atoms with E-state index in [2.05, 4.69) is 10.3 Å². The van der Waals surface area contributed by atoms with Crippen LogP contribution >= 0.6 is 0 Å². The molecule has 0 spiro atoms. The van der Waals surface area contributed by atoms with Crippen LogP contribution in [0.15, 0.2) is 79.0 Å². The van der Waals surface area contributed by atoms with Gasteiger partial charge in [0.15, 0.2) is 6.10 Å². The normalized spacial score (nSPS) is 13.8. The van der Waals surface area contributed by atoms with Gasteiger partial charge in [-0.05, 0) is 43.0 Å². The summed E-state index contributed by atoms with van der Waals surface area (Å²) in [5.74, 6) is -0.0631. The summed E-state index contributed by atoms with van der Waals surface area (Å²) < 4.78 is 5.50. The summed E-state index contributed by atoms with van der Waals surface area (Å²) in [4.78, 5) is 31.8. The quantitative estimate of drug-likeness (QED) is 0.510. The number of ether oxygens (including phenoxy) is 1. The van der Waals surface area contributed by atoms with E-state index < -0.39 is 12.1 Å². The minimum atomic E-state index is -0.917. The van der Waals surface area contributed by atoms with Gasteiger partial charge in [-0.2, -0.15) is 0 Å². The highest BCUT2D eigenvalue weighted by molar-refractivity contribution is 5.92. The number of hydrogen-bond acceptors (Lipinski definition) is 5. The topological polar surface area (TPSA) is 71.5 Å². The van der Waals surface area contributed by atoms with Gasteiger partial charge < -0.3 is 15.0 Å². The molecule has 1 heterocycles. The maximum absolute atomic E-state index is 13.2. The predicted octanol–water partition coefficient (Wildman–Crippen LogP) is 4.43. The smallest absolute Gasteiger partial charge is 0.340 e. The number of esters is 1. The SMILES string of the molecule is CC(OC(=O)c1ccc(NC2CC2)nc1)C(=O)N(Cc1ccccc1)Cc1ccccc1. The zero-order chi connectivity index (χ0) is 22.3. The predicted molar refractivity (Wildman–Crippen MR) is 123 cm³/mol. The summed E-state index contributed by atoms with van der Waals surface area (Å²) in [5.41, 5.74) is 2.35. The van der Waals surface area contributed by atoms with Crippen LogP contribution in [0.5, 0.6) is 0 Å². The molecule has 1 atom stereocenters. The molecule has 1 fully saturated rings. The Morgan fingerprint density at radius 1 is 0.969 bits per heavy atom. The van der Waals surface area contributed by atoms with Crippen LogP contribution in [-0.2, 0) is 22.6 Å². The van der Waals surface area contributed by atoms with Crippen molar-refractivity contribution in [3.05, 3.63) is 95.7 Å². The third-order valence-electron chi connectivity index (χ3n) is 5.30. The van der Waals surface area contributed by atoms with Gasteiger partial charge in [0.2, 0.25) is 0 Å². The Balaban J connectivity index is 1.42. The Morgan fingerprint density at radius 2 is 1.56 bits per heavy atom. The number of amides is 1. The van der Waals surface area contributed by atoms with Crippen LogP contribution in [0.3, 0.4) is 0 Å². The van der Waals surface area contributed by atoms with Gasteiger partial charge >= 0.3 is 5.97 Å². The van der Waals surface area contributed by atoms with Crippen molar-refractivity contribution in [1.29, 1.82) is 0 Å². The van der Waals surface area contributed by atoms with E-state index in [0.717, 1.165) is 29.8 Å². The van der Waals surface area contributed by atoms with Crippen LogP contribution < -0.4 is 5.32 Å². The number of nitrogens with one attached hydrogen (secondary N) is 1. The summed E-state index contributed by atoms with van der Waals surface area (Å²) in [6, 6.07) is 23.5. The van der Waals surface area contributed by atoms with Crippen LogP contribution in [0, 0.1) is 0 Å². The molecule has 32 heavy (non-hydrogen) atoms. The average Bonchev–Trinajstić information content (AvgIpc) is 3.64. The van der Waals surface area contributed by atoms with Crippen molar-refractivity contribution >= 4 is 17.7 Å². The molecule has 1 aromatic heterocycles. The highest BCUT2D eigenvalue weighted by Gasteiger charge is 2.25. The number of aromatic nitrogens is 1. The van der Waals surface area contributed by atoms with E-state index in [0.29, 0.717) is 24.7 Å². The molecule has 1 N–H and O–H groups in total. The van der Waals surface area contributed by atoms with Gasteiger partial charge in [-0.1, -0.05) is 60.7 Å². The van der Waals surface area contributed by atoms with Gasteiger partial charge in [-0.3, -0.25) is 4.79 Å². The molecule has 0 radical (unpaired) electrons. The Hall–Kier alpha value is -3.67. The maximum Gasteiger partial charge on any atom is 0.340 e. The van der Waals surface area contributed by atoms with Gasteiger partial charge in [-0.25, -0.2) is 9.78 Å². The van der Waals surface area contributed by atoms with Crippen LogP contribution in [0.1, 0.15) is 41.3 Å². The highest BCUT2D eigenvalue weighted by Crippen LogP contribution is 2.23. The van der Waals surface area contributed by atoms with E-state index in [1.54, 1.807) is 24.0 Å². The molecule has 164 valence electrons. The number of anilines is 1. The van der Waals surface area contributed by atoms with E-state index in [4.69, 9.17) is 4.74 Å². The molecular weight excluding hydrogens is 402 g/mol. The lowest BCUT2D eigenvalue weighted by atomic mass is 10.1. The molecule has 1 aliphatic carbocycles. The van der Waals surface area contributed by atoms with Crippen molar-refractivity contribution in [3.63, 3.8) is 0 Å². The molecule has 4 rings (SSSR count). The first-order chi connectivity index (χ1) is 15.6. The summed E-state index contributed by atoms with van der Waals surface area (Å²) in [7, 11) is 0. The van der Waals surface area contributed by atoms with Crippen molar-refractivity contribution in [1.82, 2.24) is 9.88 Å².